The van der Waals surface area contributed by atoms with Crippen molar-refractivity contribution in [2.75, 3.05) is 0 Å². The van der Waals surface area contributed by atoms with E-state index in [1.165, 1.54) is 22.1 Å². The molecule has 1 aromatic heterocycles. The summed E-state index contributed by atoms with van der Waals surface area (Å²) in [7, 11) is 0. The summed E-state index contributed by atoms with van der Waals surface area (Å²) in [6.45, 7) is 6.05. The second-order valence-corrected chi connectivity index (χ2v) is 6.68. The molecule has 1 heteroatoms. The van der Waals surface area contributed by atoms with E-state index in [1.54, 1.807) is 0 Å². The summed E-state index contributed by atoms with van der Waals surface area (Å²) >= 11 is 0. The Labute approximate surface area is 160 Å². The second-order valence-electron chi connectivity index (χ2n) is 6.68. The van der Waals surface area contributed by atoms with E-state index in [9.17, 15) is 0 Å². The summed E-state index contributed by atoms with van der Waals surface area (Å²) in [5, 5.41) is 1.17. The maximum Gasteiger partial charge on any atom is 0.0709 e. The number of aromatic nitrogens is 1. The van der Waals surface area contributed by atoms with Gasteiger partial charge in [0.25, 0.3) is 0 Å². The van der Waals surface area contributed by atoms with Gasteiger partial charge in [0.05, 0.1) is 11.2 Å². The number of pyridine rings is 1. The van der Waals surface area contributed by atoms with Crippen LogP contribution < -0.4 is 0 Å². The van der Waals surface area contributed by atoms with Crippen LogP contribution in [0.1, 0.15) is 22.4 Å². The first kappa shape index (κ1) is 17.0. The Morgan fingerprint density at radius 2 is 1.59 bits per heavy atom. The average molecular weight is 347 g/mol. The predicted molar refractivity (Wildman–Crippen MR) is 117 cm³/mol. The van der Waals surface area contributed by atoms with Crippen LogP contribution >= 0.6 is 0 Å². The number of hydrogen-bond donors (Lipinski definition) is 0. The fourth-order valence-corrected chi connectivity index (χ4v) is 3.24. The molecule has 0 radical (unpaired) electrons. The van der Waals surface area contributed by atoms with Crippen molar-refractivity contribution >= 4 is 29.1 Å². The standard InChI is InChI=1S/C26H21N/c1-3-20-10-11-23(21-7-5-4-6-8-21)18-22(20)12-14-25-15-13-24-17-19(2)9-16-26(24)27-25/h3-18H,1H2,2H3/b14-12+. The first-order chi connectivity index (χ1) is 13.2. The van der Waals surface area contributed by atoms with Gasteiger partial charge in [-0.05, 0) is 59.5 Å². The van der Waals surface area contributed by atoms with Gasteiger partial charge < -0.3 is 0 Å². The third kappa shape index (κ3) is 3.73. The molecule has 0 aliphatic carbocycles. The van der Waals surface area contributed by atoms with Crippen molar-refractivity contribution in [2.45, 2.75) is 6.92 Å². The molecule has 0 saturated heterocycles. The van der Waals surface area contributed by atoms with Crippen LogP contribution in [-0.2, 0) is 0 Å². The highest BCUT2D eigenvalue weighted by atomic mass is 14.7. The summed E-state index contributed by atoms with van der Waals surface area (Å²) in [4.78, 5) is 4.75. The smallest absolute Gasteiger partial charge is 0.0709 e. The van der Waals surface area contributed by atoms with Crippen LogP contribution in [-0.4, -0.2) is 4.98 Å². The Hall–Kier alpha value is -3.45. The number of benzene rings is 3. The molecule has 130 valence electrons. The van der Waals surface area contributed by atoms with Crippen LogP contribution in [0.25, 0.3) is 40.3 Å². The number of nitrogens with zero attached hydrogens (tertiary/aromatic N) is 1. The van der Waals surface area contributed by atoms with Crippen molar-refractivity contribution in [3.8, 4) is 11.1 Å². The van der Waals surface area contributed by atoms with Crippen LogP contribution in [0.5, 0.6) is 0 Å². The van der Waals surface area contributed by atoms with E-state index < -0.39 is 0 Å². The van der Waals surface area contributed by atoms with Gasteiger partial charge in [-0.15, -0.1) is 0 Å². The lowest BCUT2D eigenvalue weighted by atomic mass is 9.98. The molecule has 27 heavy (non-hydrogen) atoms. The number of hydrogen-bond acceptors (Lipinski definition) is 1. The molecule has 0 unspecified atom stereocenters. The van der Waals surface area contributed by atoms with Gasteiger partial charge in [-0.3, -0.25) is 0 Å². The van der Waals surface area contributed by atoms with Crippen LogP contribution in [0.4, 0.5) is 0 Å². The lowest BCUT2D eigenvalue weighted by molar-refractivity contribution is 1.36. The minimum Gasteiger partial charge on any atom is -0.248 e. The minimum absolute atomic E-state index is 0.950. The van der Waals surface area contributed by atoms with Gasteiger partial charge in [0.15, 0.2) is 0 Å². The summed E-state index contributed by atoms with van der Waals surface area (Å²) in [6, 6.07) is 27.4. The van der Waals surface area contributed by atoms with E-state index in [4.69, 9.17) is 4.98 Å². The summed E-state index contributed by atoms with van der Waals surface area (Å²) in [6.07, 6.45) is 6.08. The minimum atomic E-state index is 0.950. The first-order valence-electron chi connectivity index (χ1n) is 9.10. The molecule has 3 aromatic carbocycles. The summed E-state index contributed by atoms with van der Waals surface area (Å²) in [5.74, 6) is 0. The van der Waals surface area contributed by atoms with Gasteiger partial charge in [-0.25, -0.2) is 4.98 Å². The van der Waals surface area contributed by atoms with E-state index in [0.29, 0.717) is 0 Å². The Balaban J connectivity index is 1.70. The van der Waals surface area contributed by atoms with E-state index in [2.05, 4.69) is 98.5 Å². The Morgan fingerprint density at radius 3 is 2.41 bits per heavy atom. The van der Waals surface area contributed by atoms with Crippen molar-refractivity contribution in [1.82, 2.24) is 4.98 Å². The van der Waals surface area contributed by atoms with Crippen LogP contribution in [0.3, 0.4) is 0 Å². The van der Waals surface area contributed by atoms with Gasteiger partial charge >= 0.3 is 0 Å². The number of aryl methyl sites for hydroxylation is 1. The van der Waals surface area contributed by atoms with Crippen molar-refractivity contribution in [2.24, 2.45) is 0 Å². The molecule has 0 atom stereocenters. The monoisotopic (exact) mass is 347 g/mol. The molecule has 1 heterocycles. The maximum absolute atomic E-state index is 4.75. The molecule has 4 aromatic rings. The van der Waals surface area contributed by atoms with Crippen LogP contribution in [0.2, 0.25) is 0 Å². The second kappa shape index (κ2) is 7.43. The number of fused-ring (bicyclic) bond motifs is 1. The largest absolute Gasteiger partial charge is 0.248 e. The average Bonchev–Trinajstić information content (AvgIpc) is 2.72. The van der Waals surface area contributed by atoms with Crippen molar-refractivity contribution in [3.05, 3.63) is 108 Å². The SMILES string of the molecule is C=Cc1ccc(-c2ccccc2)cc1/C=C/c1ccc2cc(C)ccc2n1. The quantitative estimate of drug-likeness (QED) is 0.386. The van der Waals surface area contributed by atoms with Crippen LogP contribution in [0, 0.1) is 6.92 Å². The molecule has 0 bridgehead atoms. The van der Waals surface area contributed by atoms with Gasteiger partial charge in [0, 0.05) is 5.39 Å². The van der Waals surface area contributed by atoms with Crippen LogP contribution in [0.15, 0.2) is 85.4 Å². The molecule has 4 rings (SSSR count). The normalized spacial score (nSPS) is 11.1. The molecule has 1 nitrogen and oxygen atoms in total. The van der Waals surface area contributed by atoms with Gasteiger partial charge in [-0.2, -0.15) is 0 Å². The molecule has 0 aliphatic rings. The highest BCUT2D eigenvalue weighted by Gasteiger charge is 2.02. The molecule has 0 N–H and O–H groups in total. The molecule has 0 fully saturated rings. The van der Waals surface area contributed by atoms with Crippen molar-refractivity contribution < 1.29 is 0 Å². The Kier molecular flexibility index (Phi) is 4.67. The van der Waals surface area contributed by atoms with Gasteiger partial charge in [0.1, 0.15) is 0 Å². The zero-order valence-electron chi connectivity index (χ0n) is 15.4. The first-order valence-corrected chi connectivity index (χ1v) is 9.10. The van der Waals surface area contributed by atoms with Crippen molar-refractivity contribution in [1.29, 1.82) is 0 Å². The fraction of sp³-hybridized carbons (Fsp3) is 0.0385. The van der Waals surface area contributed by atoms with E-state index in [0.717, 1.165) is 22.3 Å². The van der Waals surface area contributed by atoms with E-state index in [-0.39, 0.29) is 0 Å². The van der Waals surface area contributed by atoms with Crippen molar-refractivity contribution in [3.63, 3.8) is 0 Å². The lowest BCUT2D eigenvalue weighted by Crippen LogP contribution is -1.86. The zero-order valence-corrected chi connectivity index (χ0v) is 15.4. The highest BCUT2D eigenvalue weighted by molar-refractivity contribution is 5.83. The molecule has 0 spiro atoms. The summed E-state index contributed by atoms with van der Waals surface area (Å²) < 4.78 is 0. The predicted octanol–water partition coefficient (Wildman–Crippen LogP) is 7.02. The Morgan fingerprint density at radius 1 is 0.741 bits per heavy atom. The summed E-state index contributed by atoms with van der Waals surface area (Å²) in [5.41, 5.74) is 7.88. The lowest BCUT2D eigenvalue weighted by Gasteiger charge is -2.07. The topological polar surface area (TPSA) is 12.9 Å². The molecule has 0 amide bonds. The zero-order chi connectivity index (χ0) is 18.6. The fourth-order valence-electron chi connectivity index (χ4n) is 3.24. The van der Waals surface area contributed by atoms with E-state index in [1.807, 2.05) is 12.1 Å². The van der Waals surface area contributed by atoms with E-state index >= 15 is 0 Å². The van der Waals surface area contributed by atoms with Gasteiger partial charge in [-0.1, -0.05) is 78.9 Å². The highest BCUT2D eigenvalue weighted by Crippen LogP contribution is 2.25. The van der Waals surface area contributed by atoms with Gasteiger partial charge in [0.2, 0.25) is 0 Å². The molecule has 0 aliphatic heterocycles. The Bertz CT molecular complexity index is 1140. The molecule has 0 saturated carbocycles. The third-order valence-electron chi connectivity index (χ3n) is 4.71. The number of rotatable bonds is 4. The third-order valence-corrected chi connectivity index (χ3v) is 4.71. The molecular weight excluding hydrogens is 326 g/mol. The molecular formula is C26H21N. The maximum atomic E-state index is 4.75.